The van der Waals surface area contributed by atoms with Crippen LogP contribution in [0.2, 0.25) is 5.15 Å². The van der Waals surface area contributed by atoms with Crippen molar-refractivity contribution in [1.29, 1.82) is 0 Å². The number of aromatic nitrogens is 4. The third-order valence-electron chi connectivity index (χ3n) is 2.91. The minimum absolute atomic E-state index is 0.104. The van der Waals surface area contributed by atoms with Crippen LogP contribution >= 0.6 is 11.6 Å². The van der Waals surface area contributed by atoms with Gasteiger partial charge in [0.05, 0.1) is 0 Å². The van der Waals surface area contributed by atoms with Crippen LogP contribution in [0.25, 0.3) is 5.78 Å². The number of aryl methyl sites for hydroxylation is 1. The number of hydrogen-bond donors (Lipinski definition) is 0. The lowest BCUT2D eigenvalue weighted by molar-refractivity contribution is 0.410. The minimum Gasteiger partial charge on any atom is -0.435 e. The summed E-state index contributed by atoms with van der Waals surface area (Å²) < 4.78 is 21.0. The molecule has 0 unspecified atom stereocenters. The van der Waals surface area contributed by atoms with Gasteiger partial charge in [-0.25, -0.2) is 4.39 Å². The van der Waals surface area contributed by atoms with E-state index >= 15 is 0 Å². The van der Waals surface area contributed by atoms with Crippen molar-refractivity contribution in [2.45, 2.75) is 13.8 Å². The lowest BCUT2D eigenvalue weighted by Gasteiger charge is -2.11. The number of rotatable bonds is 2. The predicted molar refractivity (Wildman–Crippen MR) is 71.7 cm³/mol. The van der Waals surface area contributed by atoms with Gasteiger partial charge in [0.1, 0.15) is 11.5 Å². The summed E-state index contributed by atoms with van der Waals surface area (Å²) in [6.07, 6.45) is 1.33. The van der Waals surface area contributed by atoms with Gasteiger partial charge in [-0.15, -0.1) is 0 Å². The molecule has 0 fully saturated rings. The molecule has 3 aromatic rings. The van der Waals surface area contributed by atoms with E-state index in [1.807, 2.05) is 0 Å². The monoisotopic (exact) mass is 292 g/mol. The molecule has 20 heavy (non-hydrogen) atoms. The van der Waals surface area contributed by atoms with Crippen LogP contribution in [0.4, 0.5) is 4.39 Å². The van der Waals surface area contributed by atoms with Gasteiger partial charge in [-0.05, 0) is 25.5 Å². The van der Waals surface area contributed by atoms with Gasteiger partial charge in [0.25, 0.3) is 5.78 Å². The minimum atomic E-state index is -0.423. The highest BCUT2D eigenvalue weighted by molar-refractivity contribution is 6.30. The van der Waals surface area contributed by atoms with E-state index < -0.39 is 5.82 Å². The van der Waals surface area contributed by atoms with E-state index in [-0.39, 0.29) is 10.9 Å². The van der Waals surface area contributed by atoms with Crippen molar-refractivity contribution in [2.24, 2.45) is 0 Å². The molecule has 0 atom stereocenters. The Hall–Kier alpha value is -2.21. The zero-order chi connectivity index (χ0) is 14.3. The largest absolute Gasteiger partial charge is 0.435 e. The first-order valence-electron chi connectivity index (χ1n) is 5.86. The van der Waals surface area contributed by atoms with Crippen LogP contribution in [0.1, 0.15) is 11.1 Å². The van der Waals surface area contributed by atoms with Crippen molar-refractivity contribution in [3.8, 4) is 11.6 Å². The second-order valence-corrected chi connectivity index (χ2v) is 4.65. The lowest BCUT2D eigenvalue weighted by atomic mass is 10.2. The molecular formula is C13H10ClFN4O. The van der Waals surface area contributed by atoms with E-state index in [1.54, 1.807) is 32.0 Å². The van der Waals surface area contributed by atoms with Crippen LogP contribution in [0.5, 0.6) is 11.6 Å². The molecule has 5 nitrogen and oxygen atoms in total. The fourth-order valence-electron chi connectivity index (χ4n) is 1.80. The zero-order valence-electron chi connectivity index (χ0n) is 10.8. The quantitative estimate of drug-likeness (QED) is 0.680. The zero-order valence-corrected chi connectivity index (χ0v) is 11.5. The van der Waals surface area contributed by atoms with Gasteiger partial charge < -0.3 is 4.74 Å². The molecule has 0 spiro atoms. The molecule has 0 saturated carbocycles. The number of nitrogens with zero attached hydrogens (tertiary/aromatic N) is 4. The van der Waals surface area contributed by atoms with Crippen molar-refractivity contribution in [2.75, 3.05) is 0 Å². The number of ether oxygens (including phenoxy) is 1. The Morgan fingerprint density at radius 2 is 2.10 bits per heavy atom. The molecule has 1 aromatic carbocycles. The molecule has 0 N–H and O–H groups in total. The highest BCUT2D eigenvalue weighted by atomic mass is 35.5. The van der Waals surface area contributed by atoms with Crippen LogP contribution in [-0.2, 0) is 0 Å². The molecule has 0 aliphatic carbocycles. The van der Waals surface area contributed by atoms with Crippen LogP contribution in [0, 0.1) is 19.7 Å². The maximum absolute atomic E-state index is 14.0. The van der Waals surface area contributed by atoms with E-state index in [1.165, 1.54) is 10.8 Å². The summed E-state index contributed by atoms with van der Waals surface area (Å²) in [7, 11) is 0. The van der Waals surface area contributed by atoms with Crippen molar-refractivity contribution < 1.29 is 9.13 Å². The molecular weight excluding hydrogens is 283 g/mol. The summed E-state index contributed by atoms with van der Waals surface area (Å²) in [6, 6.07) is 4.92. The van der Waals surface area contributed by atoms with Crippen molar-refractivity contribution in [3.05, 3.63) is 46.6 Å². The second-order valence-electron chi connectivity index (χ2n) is 4.29. The number of halogens is 2. The first-order chi connectivity index (χ1) is 9.58. The number of benzene rings is 1. The van der Waals surface area contributed by atoms with Gasteiger partial charge in [-0.1, -0.05) is 23.7 Å². The Kier molecular flexibility index (Phi) is 3.02. The Labute approximate surface area is 119 Å². The normalized spacial score (nSPS) is 11.0. The van der Waals surface area contributed by atoms with Gasteiger partial charge in [0, 0.05) is 5.56 Å². The maximum Gasteiger partial charge on any atom is 0.256 e. The molecule has 0 aliphatic rings. The smallest absolute Gasteiger partial charge is 0.256 e. The fraction of sp³-hybridized carbons (Fsp3) is 0.154. The van der Waals surface area contributed by atoms with E-state index in [9.17, 15) is 4.39 Å². The third-order valence-corrected chi connectivity index (χ3v) is 3.28. The predicted octanol–water partition coefficient (Wildman–Crippen LogP) is 3.33. The number of fused-ring (bicyclic) bond motifs is 1. The maximum atomic E-state index is 14.0. The molecule has 0 bridgehead atoms. The first kappa shape index (κ1) is 12.8. The molecule has 0 aliphatic heterocycles. The van der Waals surface area contributed by atoms with Gasteiger partial charge in [-0.3, -0.25) is 0 Å². The average Bonchev–Trinajstić information content (AvgIpc) is 2.87. The van der Waals surface area contributed by atoms with Crippen molar-refractivity contribution in [3.63, 3.8) is 0 Å². The van der Waals surface area contributed by atoms with E-state index in [0.29, 0.717) is 22.8 Å². The topological polar surface area (TPSA) is 52.3 Å². The van der Waals surface area contributed by atoms with E-state index in [4.69, 9.17) is 16.3 Å². The Morgan fingerprint density at radius 1 is 1.30 bits per heavy atom. The summed E-state index contributed by atoms with van der Waals surface area (Å²) in [5, 5.41) is 4.25. The number of hydrogen-bond acceptors (Lipinski definition) is 4. The summed E-state index contributed by atoms with van der Waals surface area (Å²) in [4.78, 5) is 8.00. The highest BCUT2D eigenvalue weighted by Crippen LogP contribution is 2.30. The highest BCUT2D eigenvalue weighted by Gasteiger charge is 2.16. The first-order valence-corrected chi connectivity index (χ1v) is 6.24. The van der Waals surface area contributed by atoms with E-state index in [2.05, 4.69) is 15.1 Å². The molecule has 0 radical (unpaired) electrons. The summed E-state index contributed by atoms with van der Waals surface area (Å²) in [5.74, 6) is 0.269. The van der Waals surface area contributed by atoms with Crippen LogP contribution in [0.3, 0.4) is 0 Å². The molecule has 3 rings (SSSR count). The van der Waals surface area contributed by atoms with Crippen molar-refractivity contribution in [1.82, 2.24) is 19.6 Å². The standard InChI is InChI=1S/C13H10ClFN4O/c1-7-4-3-5-9(10(7)15)20-12-8(2)11(14)18-13-16-6-17-19(12)13/h3-6H,1-2H3. The Morgan fingerprint density at radius 3 is 2.90 bits per heavy atom. The Balaban J connectivity index is 2.17. The van der Waals surface area contributed by atoms with Crippen molar-refractivity contribution >= 4 is 17.4 Å². The average molecular weight is 293 g/mol. The molecule has 0 amide bonds. The lowest BCUT2D eigenvalue weighted by Crippen LogP contribution is -2.02. The van der Waals surface area contributed by atoms with Crippen LogP contribution in [-0.4, -0.2) is 19.6 Å². The van der Waals surface area contributed by atoms with Gasteiger partial charge in [-0.2, -0.15) is 19.6 Å². The summed E-state index contributed by atoms with van der Waals surface area (Å²) in [6.45, 7) is 3.39. The molecule has 0 saturated heterocycles. The second kappa shape index (κ2) is 4.72. The fourth-order valence-corrected chi connectivity index (χ4v) is 1.95. The SMILES string of the molecule is Cc1cccc(Oc2c(C)c(Cl)nc3ncnn23)c1F. The van der Waals surface area contributed by atoms with Gasteiger partial charge >= 0.3 is 0 Å². The summed E-state index contributed by atoms with van der Waals surface area (Å²) >= 11 is 6.02. The van der Waals surface area contributed by atoms with Gasteiger partial charge in [0.15, 0.2) is 11.6 Å². The van der Waals surface area contributed by atoms with Gasteiger partial charge in [0.2, 0.25) is 5.88 Å². The third kappa shape index (κ3) is 1.98. The Bertz CT molecular complexity index is 802. The van der Waals surface area contributed by atoms with Crippen LogP contribution < -0.4 is 4.74 Å². The summed E-state index contributed by atoms with van der Waals surface area (Å²) in [5.41, 5.74) is 1.06. The molecule has 2 heterocycles. The van der Waals surface area contributed by atoms with Crippen LogP contribution in [0.15, 0.2) is 24.5 Å². The van der Waals surface area contributed by atoms with E-state index in [0.717, 1.165) is 0 Å². The molecule has 102 valence electrons. The molecule has 7 heteroatoms. The molecule has 2 aromatic heterocycles.